The second kappa shape index (κ2) is 6.67. The Bertz CT molecular complexity index is 1130. The van der Waals surface area contributed by atoms with Crippen molar-refractivity contribution in [1.82, 2.24) is 15.2 Å². The first-order valence-corrected chi connectivity index (χ1v) is 9.92. The van der Waals surface area contributed by atoms with Gasteiger partial charge in [-0.3, -0.25) is 10.1 Å². The van der Waals surface area contributed by atoms with Crippen molar-refractivity contribution in [2.45, 2.75) is 25.3 Å². The van der Waals surface area contributed by atoms with Gasteiger partial charge in [-0.05, 0) is 68.2 Å². The lowest BCUT2D eigenvalue weighted by atomic mass is 9.81. The molecule has 0 radical (unpaired) electrons. The Balaban J connectivity index is 1.51. The SMILES string of the molecule is Cc1ccc2ccc(NC(=O)N3C(=O)c4ccccc4C34CCNCC4)nc2c1. The predicted octanol–water partition coefficient (Wildman–Crippen LogP) is 3.81. The Morgan fingerprint density at radius 1 is 1.10 bits per heavy atom. The van der Waals surface area contributed by atoms with E-state index < -0.39 is 11.6 Å². The molecule has 0 atom stereocenters. The number of urea groups is 1. The van der Waals surface area contributed by atoms with Gasteiger partial charge in [0.05, 0.1) is 11.1 Å². The summed E-state index contributed by atoms with van der Waals surface area (Å²) < 4.78 is 0. The smallest absolute Gasteiger partial charge is 0.317 e. The quantitative estimate of drug-likeness (QED) is 0.667. The Labute approximate surface area is 168 Å². The first kappa shape index (κ1) is 17.8. The molecular formula is C23H22N4O2. The minimum atomic E-state index is -0.601. The van der Waals surface area contributed by atoms with Gasteiger partial charge in [0.1, 0.15) is 5.82 Å². The number of piperidine rings is 1. The molecule has 6 heteroatoms. The number of pyridine rings is 1. The fourth-order valence-corrected chi connectivity index (χ4v) is 4.59. The number of imide groups is 1. The highest BCUT2D eigenvalue weighted by Crippen LogP contribution is 2.45. The highest BCUT2D eigenvalue weighted by atomic mass is 16.2. The maximum atomic E-state index is 13.3. The van der Waals surface area contributed by atoms with Crippen molar-refractivity contribution < 1.29 is 9.59 Å². The Morgan fingerprint density at radius 3 is 2.69 bits per heavy atom. The number of fused-ring (bicyclic) bond motifs is 3. The van der Waals surface area contributed by atoms with E-state index in [1.54, 1.807) is 6.07 Å². The molecule has 0 aliphatic carbocycles. The van der Waals surface area contributed by atoms with Crippen LogP contribution in [-0.2, 0) is 5.54 Å². The second-order valence-corrected chi connectivity index (χ2v) is 7.79. The van der Waals surface area contributed by atoms with Crippen LogP contribution in [-0.4, -0.2) is 34.9 Å². The van der Waals surface area contributed by atoms with Crippen molar-refractivity contribution >= 4 is 28.7 Å². The van der Waals surface area contributed by atoms with Gasteiger partial charge in [-0.2, -0.15) is 0 Å². The van der Waals surface area contributed by atoms with Crippen LogP contribution in [0.5, 0.6) is 0 Å². The number of amides is 3. The minimum absolute atomic E-state index is 0.239. The highest BCUT2D eigenvalue weighted by Gasteiger charge is 2.52. The number of carbonyl (C=O) groups is 2. The number of nitrogens with zero attached hydrogens (tertiary/aromatic N) is 2. The normalized spacial score (nSPS) is 17.6. The third kappa shape index (κ3) is 2.79. The Hall–Kier alpha value is -3.25. The number of aromatic nitrogens is 1. The zero-order valence-corrected chi connectivity index (χ0v) is 16.2. The number of nitrogens with one attached hydrogen (secondary N) is 2. The van der Waals surface area contributed by atoms with Gasteiger partial charge in [0.2, 0.25) is 0 Å². The third-order valence-electron chi connectivity index (χ3n) is 6.01. The molecule has 2 N–H and O–H groups in total. The summed E-state index contributed by atoms with van der Waals surface area (Å²) in [6.07, 6.45) is 1.40. The van der Waals surface area contributed by atoms with Gasteiger partial charge < -0.3 is 5.32 Å². The summed E-state index contributed by atoms with van der Waals surface area (Å²) in [6.45, 7) is 3.53. The van der Waals surface area contributed by atoms with Gasteiger partial charge in [0, 0.05) is 10.9 Å². The van der Waals surface area contributed by atoms with E-state index in [1.807, 2.05) is 55.5 Å². The fraction of sp³-hybridized carbons (Fsp3) is 0.261. The molecule has 3 amide bonds. The minimum Gasteiger partial charge on any atom is -0.317 e. The monoisotopic (exact) mass is 386 g/mol. The zero-order valence-electron chi connectivity index (χ0n) is 16.2. The maximum absolute atomic E-state index is 13.3. The summed E-state index contributed by atoms with van der Waals surface area (Å²) in [6, 6.07) is 16.9. The lowest BCUT2D eigenvalue weighted by molar-refractivity contribution is 0.0603. The van der Waals surface area contributed by atoms with Crippen molar-refractivity contribution in [2.75, 3.05) is 18.4 Å². The van der Waals surface area contributed by atoms with Gasteiger partial charge >= 0.3 is 6.03 Å². The van der Waals surface area contributed by atoms with Gasteiger partial charge in [0.15, 0.2) is 0 Å². The number of rotatable bonds is 1. The van der Waals surface area contributed by atoms with Crippen LogP contribution in [0.2, 0.25) is 0 Å². The van der Waals surface area contributed by atoms with Gasteiger partial charge in [-0.25, -0.2) is 14.7 Å². The molecule has 0 unspecified atom stereocenters. The average molecular weight is 386 g/mol. The van der Waals surface area contributed by atoms with Crippen LogP contribution in [0, 0.1) is 6.92 Å². The molecular weight excluding hydrogens is 364 g/mol. The molecule has 0 saturated carbocycles. The van der Waals surface area contributed by atoms with Crippen LogP contribution < -0.4 is 10.6 Å². The zero-order chi connectivity index (χ0) is 20.0. The number of aryl methyl sites for hydroxylation is 1. The number of anilines is 1. The van der Waals surface area contributed by atoms with Crippen LogP contribution in [0.15, 0.2) is 54.6 Å². The van der Waals surface area contributed by atoms with Gasteiger partial charge in [-0.1, -0.05) is 30.3 Å². The van der Waals surface area contributed by atoms with E-state index in [1.165, 1.54) is 4.90 Å². The van der Waals surface area contributed by atoms with E-state index in [4.69, 9.17) is 0 Å². The molecule has 3 heterocycles. The largest absolute Gasteiger partial charge is 0.330 e. The Kier molecular flexibility index (Phi) is 4.10. The molecule has 2 aromatic carbocycles. The van der Waals surface area contributed by atoms with E-state index in [9.17, 15) is 9.59 Å². The standard InChI is InChI=1S/C23H22N4O2/c1-15-6-7-16-8-9-20(25-19(16)14-15)26-22(29)27-21(28)17-4-2-3-5-18(17)23(27)10-12-24-13-11-23/h2-9,14,24H,10-13H2,1H3,(H,25,26,29). The summed E-state index contributed by atoms with van der Waals surface area (Å²) >= 11 is 0. The van der Waals surface area contributed by atoms with Crippen LogP contribution in [0.3, 0.4) is 0 Å². The average Bonchev–Trinajstić information content (AvgIpc) is 2.96. The van der Waals surface area contributed by atoms with Crippen LogP contribution >= 0.6 is 0 Å². The van der Waals surface area contributed by atoms with Crippen molar-refractivity contribution in [3.8, 4) is 0 Å². The summed E-state index contributed by atoms with van der Waals surface area (Å²) in [7, 11) is 0. The molecule has 1 aromatic heterocycles. The van der Waals surface area contributed by atoms with Gasteiger partial charge in [-0.15, -0.1) is 0 Å². The van der Waals surface area contributed by atoms with Gasteiger partial charge in [0.25, 0.3) is 5.91 Å². The van der Waals surface area contributed by atoms with Crippen molar-refractivity contribution in [2.24, 2.45) is 0 Å². The van der Waals surface area contributed by atoms with E-state index >= 15 is 0 Å². The van der Waals surface area contributed by atoms with E-state index in [2.05, 4.69) is 15.6 Å². The molecule has 1 spiro atoms. The number of hydrogen-bond acceptors (Lipinski definition) is 4. The van der Waals surface area contributed by atoms with Crippen molar-refractivity contribution in [3.05, 3.63) is 71.3 Å². The molecule has 1 saturated heterocycles. The molecule has 2 aliphatic heterocycles. The lowest BCUT2D eigenvalue weighted by Gasteiger charge is -2.40. The van der Waals surface area contributed by atoms with Crippen molar-refractivity contribution in [3.63, 3.8) is 0 Å². The van der Waals surface area contributed by atoms with Crippen LogP contribution in [0.4, 0.5) is 10.6 Å². The van der Waals surface area contributed by atoms with E-state index in [0.29, 0.717) is 24.2 Å². The molecule has 146 valence electrons. The molecule has 6 nitrogen and oxygen atoms in total. The number of carbonyl (C=O) groups excluding carboxylic acids is 2. The molecule has 1 fully saturated rings. The molecule has 3 aromatic rings. The molecule has 0 bridgehead atoms. The number of hydrogen-bond donors (Lipinski definition) is 2. The van der Waals surface area contributed by atoms with E-state index in [-0.39, 0.29) is 5.91 Å². The molecule has 29 heavy (non-hydrogen) atoms. The van der Waals surface area contributed by atoms with E-state index in [0.717, 1.165) is 35.1 Å². The molecule has 2 aliphatic rings. The van der Waals surface area contributed by atoms with Crippen LogP contribution in [0.1, 0.15) is 34.3 Å². The maximum Gasteiger partial charge on any atom is 0.330 e. The third-order valence-corrected chi connectivity index (χ3v) is 6.01. The fourth-order valence-electron chi connectivity index (χ4n) is 4.59. The summed E-state index contributed by atoms with van der Waals surface area (Å²) in [5, 5.41) is 7.21. The second-order valence-electron chi connectivity index (χ2n) is 7.79. The topological polar surface area (TPSA) is 74.3 Å². The lowest BCUT2D eigenvalue weighted by Crippen LogP contribution is -2.54. The first-order valence-electron chi connectivity index (χ1n) is 9.92. The Morgan fingerprint density at radius 2 is 1.86 bits per heavy atom. The number of benzene rings is 2. The van der Waals surface area contributed by atoms with Crippen molar-refractivity contribution in [1.29, 1.82) is 0 Å². The highest BCUT2D eigenvalue weighted by molar-refractivity contribution is 6.12. The molecule has 5 rings (SSSR count). The summed E-state index contributed by atoms with van der Waals surface area (Å²) in [5.41, 5.74) is 2.88. The summed E-state index contributed by atoms with van der Waals surface area (Å²) in [4.78, 5) is 32.5. The van der Waals surface area contributed by atoms with Crippen LogP contribution in [0.25, 0.3) is 10.9 Å². The summed E-state index contributed by atoms with van der Waals surface area (Å²) in [5.74, 6) is 0.206. The first-order chi connectivity index (χ1) is 14.1. The predicted molar refractivity (Wildman–Crippen MR) is 112 cm³/mol.